The highest BCUT2D eigenvalue weighted by Gasteiger charge is 2.17. The maximum absolute atomic E-state index is 11.9. The highest BCUT2D eigenvalue weighted by atomic mass is 32.1. The van der Waals surface area contributed by atoms with Crippen LogP contribution < -0.4 is 0 Å². The zero-order valence-electron chi connectivity index (χ0n) is 9.69. The van der Waals surface area contributed by atoms with E-state index < -0.39 is 0 Å². The summed E-state index contributed by atoms with van der Waals surface area (Å²) in [6.07, 6.45) is 8.13. The third-order valence-corrected chi connectivity index (χ3v) is 4.04. The molecule has 17 heavy (non-hydrogen) atoms. The van der Waals surface area contributed by atoms with Gasteiger partial charge < -0.3 is 4.57 Å². The second-order valence-corrected chi connectivity index (χ2v) is 5.41. The normalized spacial score (nSPS) is 15.6. The van der Waals surface area contributed by atoms with Gasteiger partial charge in [0, 0.05) is 30.9 Å². The van der Waals surface area contributed by atoms with Crippen molar-refractivity contribution in [2.24, 2.45) is 0 Å². The number of hydrogen-bond donors (Lipinski definition) is 0. The number of aromatic nitrogens is 1. The second-order valence-electron chi connectivity index (χ2n) is 4.63. The van der Waals surface area contributed by atoms with Crippen molar-refractivity contribution in [1.82, 2.24) is 4.57 Å². The maximum Gasteiger partial charge on any atom is 0.164 e. The first-order chi connectivity index (χ1) is 8.33. The fourth-order valence-corrected chi connectivity index (χ4v) is 3.09. The summed E-state index contributed by atoms with van der Waals surface area (Å²) in [5.41, 5.74) is 3.51. The zero-order chi connectivity index (χ0) is 11.7. The molecule has 0 bridgehead atoms. The van der Waals surface area contributed by atoms with E-state index in [4.69, 9.17) is 0 Å². The maximum atomic E-state index is 11.9. The number of nitrogens with zero attached hydrogens (tertiary/aromatic N) is 1. The molecule has 3 heteroatoms. The van der Waals surface area contributed by atoms with Gasteiger partial charge in [-0.15, -0.1) is 0 Å². The minimum Gasteiger partial charge on any atom is -0.349 e. The molecule has 0 saturated carbocycles. The van der Waals surface area contributed by atoms with Crippen LogP contribution in [0.15, 0.2) is 29.2 Å². The minimum absolute atomic E-state index is 0.321. The molecule has 2 heterocycles. The van der Waals surface area contributed by atoms with Crippen molar-refractivity contribution in [3.63, 3.8) is 0 Å². The Hall–Kier alpha value is -1.35. The van der Waals surface area contributed by atoms with E-state index in [0.29, 0.717) is 5.78 Å². The number of rotatable bonds is 2. The monoisotopic (exact) mass is 245 g/mol. The standard InChI is InChI=1S/C14H15NOS/c16-14-4-2-1-3-12-8-15(9-13(12)14)7-11-5-6-17-10-11/h5-6,8-10H,1-4,7H2. The first-order valence-corrected chi connectivity index (χ1v) is 7.00. The molecule has 0 fully saturated rings. The predicted octanol–water partition coefficient (Wildman–Crippen LogP) is 3.51. The molecule has 0 aliphatic heterocycles. The van der Waals surface area contributed by atoms with Gasteiger partial charge in [0.25, 0.3) is 0 Å². The Morgan fingerprint density at radius 3 is 2.94 bits per heavy atom. The summed E-state index contributed by atoms with van der Waals surface area (Å²) in [6, 6.07) is 2.14. The van der Waals surface area contributed by atoms with Crippen molar-refractivity contribution in [3.05, 3.63) is 45.9 Å². The molecule has 0 aromatic carbocycles. The third kappa shape index (κ3) is 2.20. The average Bonchev–Trinajstić information content (AvgIpc) is 2.92. The van der Waals surface area contributed by atoms with Crippen molar-refractivity contribution in [2.75, 3.05) is 0 Å². The van der Waals surface area contributed by atoms with Crippen LogP contribution in [0.1, 0.15) is 40.7 Å². The number of carbonyl (C=O) groups excluding carboxylic acids is 1. The summed E-state index contributed by atoms with van der Waals surface area (Å²) in [7, 11) is 0. The number of ketones is 1. The van der Waals surface area contributed by atoms with Gasteiger partial charge in [0.15, 0.2) is 5.78 Å². The minimum atomic E-state index is 0.321. The number of hydrogen-bond acceptors (Lipinski definition) is 2. The van der Waals surface area contributed by atoms with Gasteiger partial charge in [-0.2, -0.15) is 11.3 Å². The van der Waals surface area contributed by atoms with E-state index in [9.17, 15) is 4.79 Å². The van der Waals surface area contributed by atoms with E-state index in [1.165, 1.54) is 11.1 Å². The lowest BCUT2D eigenvalue weighted by Crippen LogP contribution is -1.98. The molecule has 2 aromatic heterocycles. The van der Waals surface area contributed by atoms with Gasteiger partial charge in [0.2, 0.25) is 0 Å². The Morgan fingerprint density at radius 2 is 2.12 bits per heavy atom. The molecule has 0 N–H and O–H groups in total. The van der Waals surface area contributed by atoms with Crippen LogP contribution in [-0.2, 0) is 13.0 Å². The van der Waals surface area contributed by atoms with Gasteiger partial charge in [-0.05, 0) is 47.2 Å². The van der Waals surface area contributed by atoms with E-state index in [2.05, 4.69) is 27.6 Å². The van der Waals surface area contributed by atoms with E-state index in [1.54, 1.807) is 11.3 Å². The fourth-order valence-electron chi connectivity index (χ4n) is 2.43. The van der Waals surface area contributed by atoms with E-state index in [1.807, 2.05) is 6.20 Å². The van der Waals surface area contributed by atoms with Crippen LogP contribution in [0.25, 0.3) is 0 Å². The van der Waals surface area contributed by atoms with Gasteiger partial charge >= 0.3 is 0 Å². The SMILES string of the molecule is O=C1CCCCc2cn(Cc3ccsc3)cc21. The number of thiophene rings is 1. The number of fused-ring (bicyclic) bond motifs is 1. The van der Waals surface area contributed by atoms with E-state index in [0.717, 1.165) is 37.8 Å². The third-order valence-electron chi connectivity index (χ3n) is 3.31. The lowest BCUT2D eigenvalue weighted by molar-refractivity contribution is 0.0982. The number of carbonyl (C=O) groups is 1. The van der Waals surface area contributed by atoms with Crippen LogP contribution >= 0.6 is 11.3 Å². The lowest BCUT2D eigenvalue weighted by atomic mass is 10.1. The summed E-state index contributed by atoms with van der Waals surface area (Å²) < 4.78 is 2.15. The van der Waals surface area contributed by atoms with E-state index >= 15 is 0 Å². The van der Waals surface area contributed by atoms with Gasteiger partial charge in [-0.25, -0.2) is 0 Å². The summed E-state index contributed by atoms with van der Waals surface area (Å²) in [4.78, 5) is 11.9. The largest absolute Gasteiger partial charge is 0.349 e. The van der Waals surface area contributed by atoms with Crippen molar-refractivity contribution in [3.8, 4) is 0 Å². The summed E-state index contributed by atoms with van der Waals surface area (Å²) >= 11 is 1.72. The van der Waals surface area contributed by atoms with Gasteiger partial charge in [-0.3, -0.25) is 4.79 Å². The highest BCUT2D eigenvalue weighted by molar-refractivity contribution is 7.07. The Labute approximate surface area is 105 Å². The molecule has 88 valence electrons. The molecular formula is C14H15NOS. The highest BCUT2D eigenvalue weighted by Crippen LogP contribution is 2.22. The van der Waals surface area contributed by atoms with Crippen molar-refractivity contribution in [2.45, 2.75) is 32.2 Å². The molecule has 3 rings (SSSR count). The van der Waals surface area contributed by atoms with Crippen molar-refractivity contribution < 1.29 is 4.79 Å². The topological polar surface area (TPSA) is 22.0 Å². The van der Waals surface area contributed by atoms with Crippen molar-refractivity contribution in [1.29, 1.82) is 0 Å². The van der Waals surface area contributed by atoms with Crippen LogP contribution in [0.2, 0.25) is 0 Å². The first kappa shape index (κ1) is 10.8. The molecule has 1 aliphatic carbocycles. The Morgan fingerprint density at radius 1 is 1.24 bits per heavy atom. The number of Topliss-reactive ketones (excluding diaryl/α,β-unsaturated/α-hetero) is 1. The quantitative estimate of drug-likeness (QED) is 0.742. The first-order valence-electron chi connectivity index (χ1n) is 6.06. The Bertz CT molecular complexity index is 524. The molecule has 0 unspecified atom stereocenters. The van der Waals surface area contributed by atoms with E-state index in [-0.39, 0.29) is 0 Å². The summed E-state index contributed by atoms with van der Waals surface area (Å²) in [5, 5.41) is 4.25. The van der Waals surface area contributed by atoms with Gasteiger partial charge in [-0.1, -0.05) is 0 Å². The van der Waals surface area contributed by atoms with Gasteiger partial charge in [0.05, 0.1) is 0 Å². The molecule has 0 amide bonds. The van der Waals surface area contributed by atoms with Crippen LogP contribution in [0.4, 0.5) is 0 Å². The predicted molar refractivity (Wildman–Crippen MR) is 69.7 cm³/mol. The molecule has 0 atom stereocenters. The smallest absolute Gasteiger partial charge is 0.164 e. The molecule has 0 radical (unpaired) electrons. The van der Waals surface area contributed by atoms with Gasteiger partial charge in [0.1, 0.15) is 0 Å². The molecule has 0 spiro atoms. The molecule has 2 aromatic rings. The molecular weight excluding hydrogens is 230 g/mol. The van der Waals surface area contributed by atoms with Crippen LogP contribution in [0.5, 0.6) is 0 Å². The Balaban J connectivity index is 1.88. The zero-order valence-corrected chi connectivity index (χ0v) is 10.5. The number of aryl methyl sites for hydroxylation is 1. The average molecular weight is 245 g/mol. The lowest BCUT2D eigenvalue weighted by Gasteiger charge is -2.00. The Kier molecular flexibility index (Phi) is 2.85. The van der Waals surface area contributed by atoms with Crippen molar-refractivity contribution >= 4 is 17.1 Å². The molecule has 0 saturated heterocycles. The summed E-state index contributed by atoms with van der Waals surface area (Å²) in [6.45, 7) is 0.879. The van der Waals surface area contributed by atoms with Crippen LogP contribution in [0.3, 0.4) is 0 Å². The van der Waals surface area contributed by atoms with Crippen LogP contribution in [-0.4, -0.2) is 10.4 Å². The molecule has 2 nitrogen and oxygen atoms in total. The fraction of sp³-hybridized carbons (Fsp3) is 0.357. The second kappa shape index (κ2) is 4.49. The molecule has 1 aliphatic rings. The summed E-state index contributed by atoms with van der Waals surface area (Å²) in [5.74, 6) is 0.321. The van der Waals surface area contributed by atoms with Crippen LogP contribution in [0, 0.1) is 0 Å².